The fourth-order valence-electron chi connectivity index (χ4n) is 15.1. The van der Waals surface area contributed by atoms with Crippen molar-refractivity contribution < 1.29 is 8.83 Å². The number of hydrogen-bond acceptors (Lipinski definition) is 8. The first kappa shape index (κ1) is 58.3. The highest BCUT2D eigenvalue weighted by molar-refractivity contribution is 6.20. The fraction of sp³-hybridized carbons (Fsp3) is 0. The van der Waals surface area contributed by atoms with E-state index in [1.807, 2.05) is 84.9 Å². The third-order valence-electron chi connectivity index (χ3n) is 20.0. The molecule has 4 aromatic heterocycles. The number of benzene rings is 16. The summed E-state index contributed by atoms with van der Waals surface area (Å²) in [6.45, 7) is 0. The van der Waals surface area contributed by atoms with Crippen LogP contribution < -0.4 is 0 Å². The molecule has 0 bridgehead atoms. The molecule has 0 saturated heterocycles. The van der Waals surface area contributed by atoms with E-state index in [1.165, 1.54) is 16.2 Å². The molecule has 0 radical (unpaired) electrons. The molecule has 0 saturated carbocycles. The zero-order valence-electron chi connectivity index (χ0n) is 54.8. The Labute approximate surface area is 585 Å². The lowest BCUT2D eigenvalue weighted by molar-refractivity contribution is 0.669. The van der Waals surface area contributed by atoms with Crippen LogP contribution in [-0.4, -0.2) is 29.9 Å². The van der Waals surface area contributed by atoms with Gasteiger partial charge < -0.3 is 8.83 Å². The molecule has 0 N–H and O–H groups in total. The van der Waals surface area contributed by atoms with Crippen molar-refractivity contribution in [3.63, 3.8) is 0 Å². The highest BCUT2D eigenvalue weighted by Crippen LogP contribution is 2.47. The molecule has 8 nitrogen and oxygen atoms in total. The molecule has 0 atom stereocenters. The third-order valence-corrected chi connectivity index (χ3v) is 20.0. The lowest BCUT2D eigenvalue weighted by atomic mass is 9.90. The number of aromatic nitrogens is 6. The smallest absolute Gasteiger partial charge is 0.164 e. The Morgan fingerprint density at radius 1 is 0.167 bits per heavy atom. The summed E-state index contributed by atoms with van der Waals surface area (Å²) in [4.78, 5) is 31.5. The standard InChI is InChI=1S/C94H56N6O2/c1-3-21-61(22-4-1)89-95-91(63-44-39-58(40-45-63)66-48-41-57-19-7-8-25-65(57)55-66)99-94(97-89)82-54-52-78(88-86(82)80-30-12-14-38-84(80)102-88)76-36-18-34-73-71(32-17-35-75(73)76)68-49-50-72-67(56-68)27-16-31-69(72)60-42-46-64(47-43-60)92-96-90(62-23-5-2-6-24-62)98-93(100-92)81-53-51-77(74-33-15-26-59-20-9-10-28-70(59)74)87-85(81)79-29-11-13-37-83(79)101-87/h1-56H. The Balaban J connectivity index is 0.645. The fourth-order valence-corrected chi connectivity index (χ4v) is 15.1. The van der Waals surface area contributed by atoms with Gasteiger partial charge in [0.15, 0.2) is 34.9 Å². The summed E-state index contributed by atoms with van der Waals surface area (Å²) in [6.07, 6.45) is 0. The Kier molecular flexibility index (Phi) is 13.7. The molecule has 0 amide bonds. The molecular formula is C94H56N6O2. The first-order valence-electron chi connectivity index (χ1n) is 34.3. The van der Waals surface area contributed by atoms with Gasteiger partial charge in [-0.25, -0.2) is 29.9 Å². The van der Waals surface area contributed by atoms with Crippen molar-refractivity contribution >= 4 is 87.0 Å². The van der Waals surface area contributed by atoms with Crippen LogP contribution in [0.25, 0.3) is 211 Å². The van der Waals surface area contributed by atoms with Gasteiger partial charge in [-0.05, 0) is 136 Å². The van der Waals surface area contributed by atoms with Crippen molar-refractivity contribution in [2.75, 3.05) is 0 Å². The SMILES string of the molecule is c1ccc(-c2nc(-c3ccc(-c4cccc5cc(-c6cccc7c(-c8ccc(-c9nc(-c%10ccccc%10)nc(-c%10ccc(-c%11ccc%12ccccc%12c%11)cc%10)n9)c9c8oc8ccccc89)cccc67)ccc45)cc3)nc(-c3ccc(-c4cccc5ccccc45)c4oc5ccccc5c34)n2)cc1. The van der Waals surface area contributed by atoms with Crippen LogP contribution in [0.2, 0.25) is 0 Å². The molecule has 0 unspecified atom stereocenters. The molecule has 0 spiro atoms. The molecule has 0 aliphatic rings. The van der Waals surface area contributed by atoms with E-state index in [9.17, 15) is 0 Å². The van der Waals surface area contributed by atoms with Crippen molar-refractivity contribution in [1.82, 2.24) is 29.9 Å². The molecule has 16 aromatic carbocycles. The van der Waals surface area contributed by atoms with E-state index >= 15 is 0 Å². The topological polar surface area (TPSA) is 104 Å². The number of nitrogens with zero attached hydrogens (tertiary/aromatic N) is 6. The summed E-state index contributed by atoms with van der Waals surface area (Å²) < 4.78 is 13.8. The second-order valence-corrected chi connectivity index (χ2v) is 26.0. The van der Waals surface area contributed by atoms with E-state index in [0.717, 1.165) is 160 Å². The van der Waals surface area contributed by atoms with Gasteiger partial charge in [0.1, 0.15) is 22.3 Å². The molecule has 0 fully saturated rings. The third kappa shape index (κ3) is 9.99. The van der Waals surface area contributed by atoms with E-state index in [2.05, 4.69) is 255 Å². The molecule has 8 heteroatoms. The van der Waals surface area contributed by atoms with Crippen molar-refractivity contribution in [3.8, 4) is 124 Å². The zero-order chi connectivity index (χ0) is 67.2. The van der Waals surface area contributed by atoms with Gasteiger partial charge in [0.05, 0.1) is 0 Å². The normalized spacial score (nSPS) is 11.7. The zero-order valence-corrected chi connectivity index (χ0v) is 54.8. The highest BCUT2D eigenvalue weighted by atomic mass is 16.3. The summed E-state index contributed by atoms with van der Waals surface area (Å²) in [5.74, 6) is 3.46. The van der Waals surface area contributed by atoms with Crippen LogP contribution in [0.5, 0.6) is 0 Å². The van der Waals surface area contributed by atoms with Gasteiger partial charge in [-0.3, -0.25) is 0 Å². The van der Waals surface area contributed by atoms with E-state index in [-0.39, 0.29) is 0 Å². The van der Waals surface area contributed by atoms with Gasteiger partial charge in [0.2, 0.25) is 0 Å². The molecule has 0 aliphatic heterocycles. The Bertz CT molecular complexity index is 6740. The van der Waals surface area contributed by atoms with Crippen LogP contribution in [0, 0.1) is 0 Å². The number of hydrogen-bond donors (Lipinski definition) is 0. The lowest BCUT2D eigenvalue weighted by Gasteiger charge is -2.14. The van der Waals surface area contributed by atoms with Crippen molar-refractivity contribution in [1.29, 1.82) is 0 Å². The summed E-state index contributed by atoms with van der Waals surface area (Å²) >= 11 is 0. The monoisotopic (exact) mass is 1300 g/mol. The molecule has 20 aromatic rings. The minimum Gasteiger partial charge on any atom is -0.455 e. The predicted octanol–water partition coefficient (Wildman–Crippen LogP) is 24.8. The molecular weight excluding hydrogens is 1250 g/mol. The number of para-hydroxylation sites is 2. The van der Waals surface area contributed by atoms with Gasteiger partial charge in [-0.2, -0.15) is 0 Å². The van der Waals surface area contributed by atoms with Gasteiger partial charge in [-0.15, -0.1) is 0 Å². The van der Waals surface area contributed by atoms with Gasteiger partial charge in [-0.1, -0.05) is 291 Å². The van der Waals surface area contributed by atoms with E-state index < -0.39 is 0 Å². The summed E-state index contributed by atoms with van der Waals surface area (Å²) in [6, 6.07) is 119. The van der Waals surface area contributed by atoms with Crippen LogP contribution in [0.15, 0.2) is 349 Å². The molecule has 20 rings (SSSR count). The van der Waals surface area contributed by atoms with Crippen LogP contribution in [-0.2, 0) is 0 Å². The van der Waals surface area contributed by atoms with Gasteiger partial charge in [0.25, 0.3) is 0 Å². The van der Waals surface area contributed by atoms with Crippen LogP contribution >= 0.6 is 0 Å². The maximum absolute atomic E-state index is 7.01. The maximum atomic E-state index is 7.01. The average molecular weight is 1300 g/mol. The first-order chi connectivity index (χ1) is 50.5. The maximum Gasteiger partial charge on any atom is 0.164 e. The second kappa shape index (κ2) is 24.0. The molecule has 102 heavy (non-hydrogen) atoms. The van der Waals surface area contributed by atoms with E-state index in [1.54, 1.807) is 0 Å². The largest absolute Gasteiger partial charge is 0.455 e. The predicted molar refractivity (Wildman–Crippen MR) is 418 cm³/mol. The summed E-state index contributed by atoms with van der Waals surface area (Å²) in [5.41, 5.74) is 19.3. The molecule has 474 valence electrons. The van der Waals surface area contributed by atoms with Crippen molar-refractivity contribution in [2.45, 2.75) is 0 Å². The van der Waals surface area contributed by atoms with Crippen LogP contribution in [0.4, 0.5) is 0 Å². The van der Waals surface area contributed by atoms with Crippen molar-refractivity contribution in [3.05, 3.63) is 340 Å². The Morgan fingerprint density at radius 3 is 1.10 bits per heavy atom. The number of rotatable bonds is 11. The summed E-state index contributed by atoms with van der Waals surface area (Å²) in [7, 11) is 0. The molecule has 4 heterocycles. The van der Waals surface area contributed by atoms with E-state index in [0.29, 0.717) is 34.9 Å². The summed E-state index contributed by atoms with van der Waals surface area (Å²) in [5, 5.41) is 13.1. The van der Waals surface area contributed by atoms with Crippen LogP contribution in [0.3, 0.4) is 0 Å². The Morgan fingerprint density at radius 2 is 0.520 bits per heavy atom. The first-order valence-corrected chi connectivity index (χ1v) is 34.3. The highest BCUT2D eigenvalue weighted by Gasteiger charge is 2.25. The lowest BCUT2D eigenvalue weighted by Crippen LogP contribution is -2.00. The quantitative estimate of drug-likeness (QED) is 0.126. The minimum atomic E-state index is 0.561. The number of fused-ring (bicyclic) bond motifs is 10. The minimum absolute atomic E-state index is 0.561. The van der Waals surface area contributed by atoms with Gasteiger partial charge >= 0.3 is 0 Å². The van der Waals surface area contributed by atoms with Crippen LogP contribution in [0.1, 0.15) is 0 Å². The van der Waals surface area contributed by atoms with Crippen molar-refractivity contribution in [2.24, 2.45) is 0 Å². The van der Waals surface area contributed by atoms with Gasteiger partial charge in [0, 0.05) is 66.1 Å². The second-order valence-electron chi connectivity index (χ2n) is 26.0. The van der Waals surface area contributed by atoms with E-state index in [4.69, 9.17) is 38.7 Å². The molecule has 0 aliphatic carbocycles. The number of furan rings is 2. The average Bonchev–Trinajstić information content (AvgIpc) is 1.54. The Hall–Kier alpha value is -13.8.